The summed E-state index contributed by atoms with van der Waals surface area (Å²) in [6.07, 6.45) is 7.25. The number of likely N-dealkylation sites (tertiary alicyclic amines) is 1. The predicted octanol–water partition coefficient (Wildman–Crippen LogP) is 0.553. The van der Waals surface area contributed by atoms with Gasteiger partial charge in [0, 0.05) is 13.1 Å². The average molecular weight is 297 g/mol. The maximum Gasteiger partial charge on any atom is 0.322 e. The molecular weight excluding hydrogens is 274 g/mol. The number of carboxylic acids is 1. The predicted molar refractivity (Wildman–Crippen MR) is 75.8 cm³/mol. The zero-order chi connectivity index (χ0) is 15.3. The number of hydrogen-bond acceptors (Lipinski definition) is 3. The fourth-order valence-electron chi connectivity index (χ4n) is 3.31. The number of urea groups is 1. The van der Waals surface area contributed by atoms with Crippen LogP contribution in [0.1, 0.15) is 38.5 Å². The van der Waals surface area contributed by atoms with Crippen LogP contribution in [0.4, 0.5) is 4.79 Å². The number of carbonyl (C=O) groups is 3. The highest BCUT2D eigenvalue weighted by Crippen LogP contribution is 2.45. The van der Waals surface area contributed by atoms with Crippen LogP contribution < -0.4 is 10.6 Å². The Kier molecular flexibility index (Phi) is 5.03. The van der Waals surface area contributed by atoms with Crippen LogP contribution >= 0.6 is 0 Å². The van der Waals surface area contributed by atoms with Gasteiger partial charge in [0.15, 0.2) is 0 Å². The van der Waals surface area contributed by atoms with Gasteiger partial charge in [-0.25, -0.2) is 4.79 Å². The van der Waals surface area contributed by atoms with Crippen LogP contribution in [0.3, 0.4) is 0 Å². The zero-order valence-electron chi connectivity index (χ0n) is 12.2. The molecule has 1 heterocycles. The van der Waals surface area contributed by atoms with E-state index in [9.17, 15) is 14.4 Å². The summed E-state index contributed by atoms with van der Waals surface area (Å²) < 4.78 is 0. The molecule has 118 valence electrons. The minimum atomic E-state index is -1.10. The quantitative estimate of drug-likeness (QED) is 0.706. The van der Waals surface area contributed by atoms with Crippen molar-refractivity contribution in [2.24, 2.45) is 5.41 Å². The number of piperidine rings is 1. The van der Waals surface area contributed by atoms with Gasteiger partial charge in [0.2, 0.25) is 5.91 Å². The number of aliphatic carboxylic acids is 1. The minimum absolute atomic E-state index is 0.187. The number of rotatable bonds is 4. The fourth-order valence-corrected chi connectivity index (χ4v) is 3.31. The summed E-state index contributed by atoms with van der Waals surface area (Å²) in [4.78, 5) is 35.3. The molecule has 2 fully saturated rings. The molecule has 0 aromatic carbocycles. The molecule has 1 aliphatic heterocycles. The van der Waals surface area contributed by atoms with Crippen molar-refractivity contribution in [2.45, 2.75) is 38.5 Å². The van der Waals surface area contributed by atoms with Crippen molar-refractivity contribution in [2.75, 3.05) is 26.2 Å². The number of hydrogen-bond donors (Lipinski definition) is 3. The van der Waals surface area contributed by atoms with Gasteiger partial charge < -0.3 is 20.6 Å². The van der Waals surface area contributed by atoms with E-state index in [1.54, 1.807) is 4.90 Å². The lowest BCUT2D eigenvalue weighted by molar-refractivity contribution is -0.137. The second kappa shape index (κ2) is 6.78. The highest BCUT2D eigenvalue weighted by atomic mass is 16.4. The van der Waals surface area contributed by atoms with Crippen LogP contribution in [-0.4, -0.2) is 54.1 Å². The van der Waals surface area contributed by atoms with E-state index in [0.717, 1.165) is 25.9 Å². The molecule has 3 N–H and O–H groups in total. The molecule has 0 unspecified atom stereocenters. The van der Waals surface area contributed by atoms with Crippen LogP contribution in [-0.2, 0) is 9.59 Å². The number of nitrogens with zero attached hydrogens (tertiary/aromatic N) is 1. The smallest absolute Gasteiger partial charge is 0.322 e. The highest BCUT2D eigenvalue weighted by Gasteiger charge is 2.37. The van der Waals surface area contributed by atoms with E-state index in [-0.39, 0.29) is 12.6 Å². The molecule has 3 amide bonds. The number of nitrogens with one attached hydrogen (secondary N) is 2. The normalized spacial score (nSPS) is 20.3. The van der Waals surface area contributed by atoms with Gasteiger partial charge in [-0.15, -0.1) is 0 Å². The first-order chi connectivity index (χ1) is 10.0. The zero-order valence-corrected chi connectivity index (χ0v) is 12.2. The van der Waals surface area contributed by atoms with E-state index in [2.05, 4.69) is 10.6 Å². The summed E-state index contributed by atoms with van der Waals surface area (Å²) in [7, 11) is 0. The van der Waals surface area contributed by atoms with Gasteiger partial charge in [-0.1, -0.05) is 12.8 Å². The summed E-state index contributed by atoms with van der Waals surface area (Å²) >= 11 is 0. The molecule has 0 bridgehead atoms. The summed E-state index contributed by atoms with van der Waals surface area (Å²) in [5.41, 5.74) is 0.454. The molecule has 21 heavy (non-hydrogen) atoms. The molecule has 2 rings (SSSR count). The van der Waals surface area contributed by atoms with E-state index in [0.29, 0.717) is 5.41 Å². The van der Waals surface area contributed by atoms with Crippen molar-refractivity contribution in [3.63, 3.8) is 0 Å². The van der Waals surface area contributed by atoms with Gasteiger partial charge in [-0.05, 0) is 31.1 Å². The van der Waals surface area contributed by atoms with E-state index >= 15 is 0 Å². The molecule has 0 atom stereocenters. The average Bonchev–Trinajstić information content (AvgIpc) is 2.91. The van der Waals surface area contributed by atoms with Crippen molar-refractivity contribution in [3.05, 3.63) is 0 Å². The monoisotopic (exact) mass is 297 g/mol. The van der Waals surface area contributed by atoms with E-state index in [4.69, 9.17) is 5.11 Å². The van der Waals surface area contributed by atoms with Crippen LogP contribution in [0, 0.1) is 5.41 Å². The summed E-state index contributed by atoms with van der Waals surface area (Å²) in [5.74, 6) is -1.59. The Morgan fingerprint density at radius 1 is 0.952 bits per heavy atom. The summed E-state index contributed by atoms with van der Waals surface area (Å²) in [5, 5.41) is 13.2. The molecule has 0 aromatic heterocycles. The van der Waals surface area contributed by atoms with Gasteiger partial charge in [-0.3, -0.25) is 9.59 Å². The number of carboxylic acid groups (broad SMARTS) is 1. The first kappa shape index (κ1) is 15.6. The van der Waals surface area contributed by atoms with Gasteiger partial charge >= 0.3 is 12.0 Å². The van der Waals surface area contributed by atoms with Crippen molar-refractivity contribution in [1.82, 2.24) is 15.5 Å². The molecule has 7 nitrogen and oxygen atoms in total. The highest BCUT2D eigenvalue weighted by molar-refractivity contribution is 5.86. The topological polar surface area (TPSA) is 98.7 Å². The minimum Gasteiger partial charge on any atom is -0.480 e. The van der Waals surface area contributed by atoms with Crippen LogP contribution in [0.2, 0.25) is 0 Å². The van der Waals surface area contributed by atoms with E-state index in [1.165, 1.54) is 25.7 Å². The van der Waals surface area contributed by atoms with Crippen LogP contribution in [0.5, 0.6) is 0 Å². The molecule has 1 saturated carbocycles. The lowest BCUT2D eigenvalue weighted by Crippen LogP contribution is -2.49. The van der Waals surface area contributed by atoms with Crippen molar-refractivity contribution < 1.29 is 19.5 Å². The van der Waals surface area contributed by atoms with E-state index in [1.807, 2.05) is 0 Å². The van der Waals surface area contributed by atoms with Gasteiger partial charge in [0.25, 0.3) is 0 Å². The third-order valence-corrected chi connectivity index (χ3v) is 4.61. The standard InChI is InChI=1S/C14H23N3O4/c18-11(15-10-12(19)20)9-16-13(21)17-7-5-14(6-8-17)3-1-2-4-14/h1-10H2,(H,15,18)(H,16,21)(H,19,20). The van der Waals surface area contributed by atoms with Gasteiger partial charge in [-0.2, -0.15) is 0 Å². The Balaban J connectivity index is 1.67. The lowest BCUT2D eigenvalue weighted by atomic mass is 9.77. The second-order valence-electron chi connectivity index (χ2n) is 6.02. The van der Waals surface area contributed by atoms with Crippen molar-refractivity contribution in [1.29, 1.82) is 0 Å². The molecular formula is C14H23N3O4. The van der Waals surface area contributed by atoms with E-state index < -0.39 is 18.4 Å². The first-order valence-corrected chi connectivity index (χ1v) is 7.52. The molecule has 1 spiro atoms. The number of carbonyl (C=O) groups excluding carboxylic acids is 2. The lowest BCUT2D eigenvalue weighted by Gasteiger charge is -2.39. The first-order valence-electron chi connectivity index (χ1n) is 7.52. The number of amides is 3. The Labute approximate surface area is 124 Å². The van der Waals surface area contributed by atoms with Crippen molar-refractivity contribution >= 4 is 17.9 Å². The van der Waals surface area contributed by atoms with Gasteiger partial charge in [0.05, 0.1) is 6.54 Å². The summed E-state index contributed by atoms with van der Waals surface area (Å²) in [6, 6.07) is -0.242. The Hall–Kier alpha value is -1.79. The second-order valence-corrected chi connectivity index (χ2v) is 6.02. The Morgan fingerprint density at radius 2 is 1.57 bits per heavy atom. The van der Waals surface area contributed by atoms with Crippen LogP contribution in [0.25, 0.3) is 0 Å². The third kappa shape index (κ3) is 4.34. The molecule has 0 aromatic rings. The van der Waals surface area contributed by atoms with Crippen LogP contribution in [0.15, 0.2) is 0 Å². The molecule has 2 aliphatic rings. The maximum absolute atomic E-state index is 12.0. The maximum atomic E-state index is 12.0. The van der Waals surface area contributed by atoms with Crippen molar-refractivity contribution in [3.8, 4) is 0 Å². The third-order valence-electron chi connectivity index (χ3n) is 4.61. The summed E-state index contributed by atoms with van der Waals surface area (Å²) in [6.45, 7) is 0.861. The molecule has 1 aliphatic carbocycles. The Bertz CT molecular complexity index is 408. The molecule has 7 heteroatoms. The molecule has 0 radical (unpaired) electrons. The SMILES string of the molecule is O=C(O)CNC(=O)CNC(=O)N1CCC2(CCCC2)CC1. The van der Waals surface area contributed by atoms with Gasteiger partial charge in [0.1, 0.15) is 6.54 Å². The Morgan fingerprint density at radius 3 is 2.14 bits per heavy atom. The largest absolute Gasteiger partial charge is 0.480 e. The fraction of sp³-hybridized carbons (Fsp3) is 0.786. The molecule has 1 saturated heterocycles.